The van der Waals surface area contributed by atoms with Crippen LogP contribution in [0.1, 0.15) is 46.5 Å². The predicted octanol–water partition coefficient (Wildman–Crippen LogP) is 5.01. The Labute approximate surface area is 166 Å². The number of aromatic nitrogens is 2. The predicted molar refractivity (Wildman–Crippen MR) is 106 cm³/mol. The normalized spacial score (nSPS) is 20.8. The van der Waals surface area contributed by atoms with Gasteiger partial charge in [0.2, 0.25) is 5.88 Å². The molecule has 2 aromatic heterocycles. The third kappa shape index (κ3) is 3.96. The minimum absolute atomic E-state index is 0.0932. The van der Waals surface area contributed by atoms with Gasteiger partial charge in [0.1, 0.15) is 17.3 Å². The number of hydrogen-bond donors (Lipinski definition) is 0. The molecule has 0 saturated heterocycles. The number of fused-ring (bicyclic) bond motifs is 1. The quantitative estimate of drug-likeness (QED) is 0.669. The fraction of sp³-hybridized carbons (Fsp3) is 0.611. The first-order valence-electron chi connectivity index (χ1n) is 8.73. The molecule has 1 aliphatic rings. The van der Waals surface area contributed by atoms with Crippen LogP contribution in [-0.2, 0) is 4.74 Å². The topological polar surface area (TPSA) is 64.5 Å². The number of carbonyl (C=O) groups is 1. The SMILES string of the molecule is COC(=O)N(C1CCC(Oc2ncnc3scc(Br)c23)CC1)C(C)(C)C. The minimum atomic E-state index is -0.272. The van der Waals surface area contributed by atoms with Crippen molar-refractivity contribution in [2.45, 2.75) is 64.1 Å². The summed E-state index contributed by atoms with van der Waals surface area (Å²) in [5.74, 6) is 0.632. The fourth-order valence-electron chi connectivity index (χ4n) is 3.55. The van der Waals surface area contributed by atoms with Gasteiger partial charge >= 0.3 is 6.09 Å². The number of halogens is 1. The lowest BCUT2D eigenvalue weighted by Gasteiger charge is -2.43. The van der Waals surface area contributed by atoms with E-state index in [4.69, 9.17) is 9.47 Å². The van der Waals surface area contributed by atoms with Crippen molar-refractivity contribution in [2.24, 2.45) is 0 Å². The molecule has 1 amide bonds. The molecule has 26 heavy (non-hydrogen) atoms. The molecule has 2 aromatic rings. The summed E-state index contributed by atoms with van der Waals surface area (Å²) in [5, 5.41) is 2.94. The lowest BCUT2D eigenvalue weighted by molar-refractivity contribution is 0.0279. The Kier molecular flexibility index (Phi) is 5.72. The van der Waals surface area contributed by atoms with Crippen LogP contribution in [0.3, 0.4) is 0 Å². The molecule has 1 aliphatic carbocycles. The maximum Gasteiger partial charge on any atom is 0.410 e. The van der Waals surface area contributed by atoms with Crippen LogP contribution in [0.25, 0.3) is 10.2 Å². The largest absolute Gasteiger partial charge is 0.474 e. The van der Waals surface area contributed by atoms with E-state index in [1.807, 2.05) is 31.1 Å². The van der Waals surface area contributed by atoms with Gasteiger partial charge in [-0.3, -0.25) is 0 Å². The van der Waals surface area contributed by atoms with E-state index in [2.05, 4.69) is 25.9 Å². The van der Waals surface area contributed by atoms with Gasteiger partial charge in [-0.25, -0.2) is 14.8 Å². The second-order valence-electron chi connectivity index (χ2n) is 7.50. The second-order valence-corrected chi connectivity index (χ2v) is 9.21. The molecule has 0 spiro atoms. The Morgan fingerprint density at radius 3 is 2.58 bits per heavy atom. The maximum absolute atomic E-state index is 12.2. The summed E-state index contributed by atoms with van der Waals surface area (Å²) >= 11 is 5.12. The van der Waals surface area contributed by atoms with Gasteiger partial charge < -0.3 is 14.4 Å². The molecule has 1 fully saturated rings. The van der Waals surface area contributed by atoms with Gasteiger partial charge in [-0.1, -0.05) is 0 Å². The van der Waals surface area contributed by atoms with Crippen LogP contribution < -0.4 is 4.74 Å². The van der Waals surface area contributed by atoms with Crippen LogP contribution in [0, 0.1) is 0 Å². The first-order chi connectivity index (χ1) is 12.3. The average molecular weight is 442 g/mol. The first kappa shape index (κ1) is 19.4. The number of rotatable bonds is 3. The molecule has 1 saturated carbocycles. The average Bonchev–Trinajstić information content (AvgIpc) is 2.97. The highest BCUT2D eigenvalue weighted by molar-refractivity contribution is 9.10. The Morgan fingerprint density at radius 2 is 1.96 bits per heavy atom. The zero-order chi connectivity index (χ0) is 18.9. The highest BCUT2D eigenvalue weighted by atomic mass is 79.9. The fourth-order valence-corrected chi connectivity index (χ4v) is 5.08. The van der Waals surface area contributed by atoms with E-state index in [9.17, 15) is 4.79 Å². The number of amides is 1. The number of ether oxygens (including phenoxy) is 2. The van der Waals surface area contributed by atoms with Crippen molar-refractivity contribution in [3.8, 4) is 5.88 Å². The van der Waals surface area contributed by atoms with E-state index in [0.29, 0.717) is 5.88 Å². The summed E-state index contributed by atoms with van der Waals surface area (Å²) in [6, 6.07) is 0.167. The van der Waals surface area contributed by atoms with Gasteiger partial charge in [0.15, 0.2) is 0 Å². The Bertz CT molecular complexity index is 782. The summed E-state index contributed by atoms with van der Waals surface area (Å²) in [6.07, 6.45) is 4.90. The van der Waals surface area contributed by atoms with Crippen molar-refractivity contribution in [2.75, 3.05) is 7.11 Å². The zero-order valence-corrected chi connectivity index (χ0v) is 17.9. The minimum Gasteiger partial charge on any atom is -0.474 e. The van der Waals surface area contributed by atoms with Gasteiger partial charge in [0, 0.05) is 21.4 Å². The lowest BCUT2D eigenvalue weighted by atomic mass is 9.89. The number of methoxy groups -OCH3 is 1. The van der Waals surface area contributed by atoms with Crippen LogP contribution in [0.5, 0.6) is 5.88 Å². The third-order valence-corrected chi connectivity index (χ3v) is 6.49. The van der Waals surface area contributed by atoms with Crippen molar-refractivity contribution in [3.05, 3.63) is 16.2 Å². The molecule has 0 bridgehead atoms. The van der Waals surface area contributed by atoms with Gasteiger partial charge in [0.05, 0.1) is 12.5 Å². The monoisotopic (exact) mass is 441 g/mol. The molecule has 0 radical (unpaired) electrons. The standard InChI is InChI=1S/C18H24BrN3O3S/c1-18(2,3)22(17(23)24-4)11-5-7-12(8-6-11)25-15-14-13(19)9-26-16(14)21-10-20-15/h9-12H,5-8H2,1-4H3. The van der Waals surface area contributed by atoms with Crippen molar-refractivity contribution < 1.29 is 14.3 Å². The molecule has 6 nitrogen and oxygen atoms in total. The van der Waals surface area contributed by atoms with Crippen molar-refractivity contribution in [1.29, 1.82) is 0 Å². The smallest absolute Gasteiger partial charge is 0.410 e. The van der Waals surface area contributed by atoms with E-state index in [1.54, 1.807) is 17.7 Å². The number of thiophene rings is 1. The van der Waals surface area contributed by atoms with Crippen LogP contribution in [0.2, 0.25) is 0 Å². The Morgan fingerprint density at radius 1 is 1.27 bits per heavy atom. The van der Waals surface area contributed by atoms with Crippen LogP contribution in [0.4, 0.5) is 4.79 Å². The summed E-state index contributed by atoms with van der Waals surface area (Å²) < 4.78 is 12.2. The second kappa shape index (κ2) is 7.68. The molecule has 0 unspecified atom stereocenters. The molecule has 3 rings (SSSR count). The summed E-state index contributed by atoms with van der Waals surface area (Å²) in [6.45, 7) is 6.12. The van der Waals surface area contributed by atoms with Crippen LogP contribution in [-0.4, -0.2) is 45.8 Å². The highest BCUT2D eigenvalue weighted by Crippen LogP contribution is 2.36. The molecule has 0 aromatic carbocycles. The molecule has 142 valence electrons. The summed E-state index contributed by atoms with van der Waals surface area (Å²) in [5.41, 5.74) is -0.272. The van der Waals surface area contributed by atoms with Crippen molar-refractivity contribution in [1.82, 2.24) is 14.9 Å². The van der Waals surface area contributed by atoms with Crippen LogP contribution >= 0.6 is 27.3 Å². The van der Waals surface area contributed by atoms with E-state index in [1.165, 1.54) is 7.11 Å². The molecule has 0 N–H and O–H groups in total. The maximum atomic E-state index is 12.2. The third-order valence-electron chi connectivity index (χ3n) is 4.67. The van der Waals surface area contributed by atoms with E-state index < -0.39 is 0 Å². The van der Waals surface area contributed by atoms with Gasteiger partial charge in [-0.15, -0.1) is 11.3 Å². The number of hydrogen-bond acceptors (Lipinski definition) is 6. The molecule has 0 aliphatic heterocycles. The Balaban J connectivity index is 1.68. The molecule has 0 atom stereocenters. The number of carbonyl (C=O) groups excluding carboxylic acids is 1. The van der Waals surface area contributed by atoms with Crippen LogP contribution in [0.15, 0.2) is 16.2 Å². The first-order valence-corrected chi connectivity index (χ1v) is 10.4. The Hall–Kier alpha value is -1.41. The van der Waals surface area contributed by atoms with E-state index in [0.717, 1.165) is 40.4 Å². The zero-order valence-electron chi connectivity index (χ0n) is 15.5. The number of nitrogens with zero attached hydrogens (tertiary/aromatic N) is 3. The van der Waals surface area contributed by atoms with Gasteiger partial charge in [-0.2, -0.15) is 0 Å². The van der Waals surface area contributed by atoms with E-state index in [-0.39, 0.29) is 23.8 Å². The molecular weight excluding hydrogens is 418 g/mol. The van der Waals surface area contributed by atoms with Crippen molar-refractivity contribution in [3.63, 3.8) is 0 Å². The highest BCUT2D eigenvalue weighted by Gasteiger charge is 2.36. The molecule has 8 heteroatoms. The summed E-state index contributed by atoms with van der Waals surface area (Å²) in [4.78, 5) is 23.6. The summed E-state index contributed by atoms with van der Waals surface area (Å²) in [7, 11) is 1.44. The molecule has 2 heterocycles. The lowest BCUT2D eigenvalue weighted by Crippen LogP contribution is -2.53. The van der Waals surface area contributed by atoms with E-state index >= 15 is 0 Å². The van der Waals surface area contributed by atoms with Gasteiger partial charge in [-0.05, 0) is 62.4 Å². The van der Waals surface area contributed by atoms with Gasteiger partial charge in [0.25, 0.3) is 0 Å². The molecular formula is C18H24BrN3O3S. The van der Waals surface area contributed by atoms with Crippen molar-refractivity contribution >= 4 is 43.6 Å².